The minimum atomic E-state index is 0.553. The summed E-state index contributed by atoms with van der Waals surface area (Å²) in [5.41, 5.74) is 1.51. The van der Waals surface area contributed by atoms with Crippen LogP contribution in [0, 0.1) is 12.3 Å². The molecule has 1 aromatic carbocycles. The Bertz CT molecular complexity index is 845. The van der Waals surface area contributed by atoms with Crippen LogP contribution in [0.1, 0.15) is 44.2 Å². The molecular formula is C20H22BrCl2N3S. The quantitative estimate of drug-likeness (QED) is 0.459. The second kappa shape index (κ2) is 8.10. The molecule has 1 saturated heterocycles. The lowest BCUT2D eigenvalue weighted by Gasteiger charge is -2.40. The van der Waals surface area contributed by atoms with Crippen LogP contribution >= 0.6 is 50.9 Å². The van der Waals surface area contributed by atoms with Gasteiger partial charge in [-0.2, -0.15) is 0 Å². The minimum absolute atomic E-state index is 0.553. The number of anilines is 1. The van der Waals surface area contributed by atoms with Crippen LogP contribution in [0.25, 0.3) is 0 Å². The smallest absolute Gasteiger partial charge is 0.162 e. The van der Waals surface area contributed by atoms with Crippen LogP contribution in [0.15, 0.2) is 32.7 Å². The third kappa shape index (κ3) is 4.12. The van der Waals surface area contributed by atoms with Crippen molar-refractivity contribution in [1.29, 1.82) is 0 Å². The van der Waals surface area contributed by atoms with Gasteiger partial charge in [0.1, 0.15) is 9.63 Å². The molecular weight excluding hydrogens is 465 g/mol. The summed E-state index contributed by atoms with van der Waals surface area (Å²) < 4.78 is 0.802. The molecule has 0 bridgehead atoms. The Morgan fingerprint density at radius 3 is 2.48 bits per heavy atom. The summed E-state index contributed by atoms with van der Waals surface area (Å²) in [6.45, 7) is 4.14. The Hall–Kier alpha value is -0.490. The SMILES string of the molecule is Cc1nc(N2CCC3(CCCC3)CC2)c(Br)nc1Sc1cccc(Cl)c1Cl. The summed E-state index contributed by atoms with van der Waals surface area (Å²) in [5.74, 6) is 0.960. The maximum Gasteiger partial charge on any atom is 0.162 e. The molecule has 1 aliphatic heterocycles. The van der Waals surface area contributed by atoms with Crippen molar-refractivity contribution < 1.29 is 0 Å². The van der Waals surface area contributed by atoms with Crippen molar-refractivity contribution in [1.82, 2.24) is 9.97 Å². The monoisotopic (exact) mass is 485 g/mol. The molecule has 2 heterocycles. The van der Waals surface area contributed by atoms with Crippen molar-refractivity contribution in [2.24, 2.45) is 5.41 Å². The molecule has 0 unspecified atom stereocenters. The van der Waals surface area contributed by atoms with E-state index in [0.29, 0.717) is 15.5 Å². The minimum Gasteiger partial charge on any atom is -0.354 e. The van der Waals surface area contributed by atoms with Gasteiger partial charge < -0.3 is 4.90 Å². The molecule has 1 saturated carbocycles. The number of piperidine rings is 1. The molecule has 1 aliphatic carbocycles. The first-order valence-electron chi connectivity index (χ1n) is 9.38. The summed E-state index contributed by atoms with van der Waals surface area (Å²) in [6.07, 6.45) is 8.16. The van der Waals surface area contributed by atoms with Crippen LogP contribution in [-0.2, 0) is 0 Å². The molecule has 0 amide bonds. The number of hydrogen-bond acceptors (Lipinski definition) is 4. The van der Waals surface area contributed by atoms with Crippen LogP contribution in [0.2, 0.25) is 10.0 Å². The average Bonchev–Trinajstić information content (AvgIpc) is 3.11. The predicted molar refractivity (Wildman–Crippen MR) is 117 cm³/mol. The van der Waals surface area contributed by atoms with Gasteiger partial charge in [0.15, 0.2) is 5.82 Å². The lowest BCUT2D eigenvalue weighted by molar-refractivity contribution is 0.226. The summed E-state index contributed by atoms with van der Waals surface area (Å²) in [7, 11) is 0. The van der Waals surface area contributed by atoms with E-state index in [9.17, 15) is 0 Å². The van der Waals surface area contributed by atoms with Gasteiger partial charge in [-0.1, -0.05) is 53.9 Å². The predicted octanol–water partition coefficient (Wildman–Crippen LogP) is 7.17. The van der Waals surface area contributed by atoms with E-state index in [4.69, 9.17) is 33.2 Å². The summed E-state index contributed by atoms with van der Waals surface area (Å²) >= 11 is 17.6. The van der Waals surface area contributed by atoms with Crippen molar-refractivity contribution in [2.45, 2.75) is 55.4 Å². The molecule has 1 aromatic heterocycles. The van der Waals surface area contributed by atoms with Crippen LogP contribution in [-0.4, -0.2) is 23.1 Å². The zero-order chi connectivity index (χ0) is 19.0. The first-order chi connectivity index (χ1) is 13.0. The molecule has 4 rings (SSSR count). The topological polar surface area (TPSA) is 29.0 Å². The highest BCUT2D eigenvalue weighted by atomic mass is 79.9. The van der Waals surface area contributed by atoms with E-state index in [-0.39, 0.29) is 0 Å². The van der Waals surface area contributed by atoms with Gasteiger partial charge >= 0.3 is 0 Å². The molecule has 0 radical (unpaired) electrons. The van der Waals surface area contributed by atoms with Gasteiger partial charge in [-0.05, 0) is 66.1 Å². The summed E-state index contributed by atoms with van der Waals surface area (Å²) in [6, 6.07) is 5.64. The lowest BCUT2D eigenvalue weighted by Crippen LogP contribution is -2.39. The Labute approximate surface area is 183 Å². The molecule has 2 aromatic rings. The zero-order valence-electron chi connectivity index (χ0n) is 15.3. The highest BCUT2D eigenvalue weighted by Gasteiger charge is 2.37. The molecule has 0 atom stereocenters. The maximum absolute atomic E-state index is 6.33. The second-order valence-corrected chi connectivity index (χ2v) is 10.1. The fourth-order valence-electron chi connectivity index (χ4n) is 4.26. The van der Waals surface area contributed by atoms with E-state index >= 15 is 0 Å². The van der Waals surface area contributed by atoms with Crippen molar-refractivity contribution in [3.05, 3.63) is 38.5 Å². The van der Waals surface area contributed by atoms with Gasteiger partial charge in [0.25, 0.3) is 0 Å². The van der Waals surface area contributed by atoms with Crippen molar-refractivity contribution in [3.8, 4) is 0 Å². The second-order valence-electron chi connectivity index (χ2n) is 7.58. The van der Waals surface area contributed by atoms with Crippen LogP contribution in [0.5, 0.6) is 0 Å². The number of aryl methyl sites for hydroxylation is 1. The largest absolute Gasteiger partial charge is 0.354 e. The van der Waals surface area contributed by atoms with E-state index in [1.165, 1.54) is 50.3 Å². The molecule has 1 spiro atoms. The van der Waals surface area contributed by atoms with E-state index in [0.717, 1.165) is 39.1 Å². The highest BCUT2D eigenvalue weighted by molar-refractivity contribution is 9.10. The van der Waals surface area contributed by atoms with Crippen molar-refractivity contribution >= 4 is 56.7 Å². The first kappa shape index (κ1) is 19.8. The average molecular weight is 487 g/mol. The zero-order valence-corrected chi connectivity index (χ0v) is 19.2. The molecule has 0 N–H and O–H groups in total. The third-order valence-corrected chi connectivity index (χ3v) is 8.48. The highest BCUT2D eigenvalue weighted by Crippen LogP contribution is 2.47. The summed E-state index contributed by atoms with van der Waals surface area (Å²) in [5, 5.41) is 1.96. The van der Waals surface area contributed by atoms with Gasteiger partial charge in [0, 0.05) is 18.0 Å². The van der Waals surface area contributed by atoms with Crippen molar-refractivity contribution in [2.75, 3.05) is 18.0 Å². The summed E-state index contributed by atoms with van der Waals surface area (Å²) in [4.78, 5) is 12.9. The van der Waals surface area contributed by atoms with E-state index in [1.54, 1.807) is 6.07 Å². The van der Waals surface area contributed by atoms with Gasteiger partial charge in [-0.25, -0.2) is 9.97 Å². The normalized spacial score (nSPS) is 19.0. The molecule has 3 nitrogen and oxygen atoms in total. The van der Waals surface area contributed by atoms with Gasteiger partial charge in [0.2, 0.25) is 0 Å². The standard InChI is InChI=1S/C20H22BrCl2N3S/c1-13-19(27-15-6-4-5-14(22)16(15)23)25-17(21)18(24-13)26-11-9-20(10-12-26)7-2-3-8-20/h4-6H,2-3,7-12H2,1H3. The van der Waals surface area contributed by atoms with Crippen LogP contribution in [0.3, 0.4) is 0 Å². The number of benzene rings is 1. The number of rotatable bonds is 3. The molecule has 7 heteroatoms. The fourth-order valence-corrected chi connectivity index (χ4v) is 6.25. The van der Waals surface area contributed by atoms with Crippen LogP contribution in [0.4, 0.5) is 5.82 Å². The molecule has 2 aliphatic rings. The number of hydrogen-bond donors (Lipinski definition) is 0. The van der Waals surface area contributed by atoms with Gasteiger partial charge in [-0.3, -0.25) is 0 Å². The maximum atomic E-state index is 6.33. The molecule has 27 heavy (non-hydrogen) atoms. The third-order valence-electron chi connectivity index (χ3n) is 5.88. The van der Waals surface area contributed by atoms with Gasteiger partial charge in [-0.15, -0.1) is 0 Å². The van der Waals surface area contributed by atoms with Crippen LogP contribution < -0.4 is 4.90 Å². The fraction of sp³-hybridized carbons (Fsp3) is 0.500. The Morgan fingerprint density at radius 1 is 1.07 bits per heavy atom. The number of aromatic nitrogens is 2. The van der Waals surface area contributed by atoms with E-state index in [2.05, 4.69) is 20.8 Å². The number of nitrogens with zero attached hydrogens (tertiary/aromatic N) is 3. The first-order valence-corrected chi connectivity index (χ1v) is 11.7. The Balaban J connectivity index is 1.53. The van der Waals surface area contributed by atoms with Gasteiger partial charge in [0.05, 0.1) is 15.7 Å². The number of halogens is 3. The lowest BCUT2D eigenvalue weighted by atomic mass is 9.77. The van der Waals surface area contributed by atoms with E-state index in [1.807, 2.05) is 19.1 Å². The van der Waals surface area contributed by atoms with Crippen molar-refractivity contribution in [3.63, 3.8) is 0 Å². The Morgan fingerprint density at radius 2 is 1.78 bits per heavy atom. The molecule has 144 valence electrons. The van der Waals surface area contributed by atoms with E-state index < -0.39 is 0 Å². The molecule has 2 fully saturated rings. The Kier molecular flexibility index (Phi) is 5.94.